The molecule has 0 aliphatic carbocycles. The van der Waals surface area contributed by atoms with Crippen molar-refractivity contribution in [2.75, 3.05) is 19.8 Å². The predicted octanol–water partition coefficient (Wildman–Crippen LogP) is 1.78. The molecule has 2 aliphatic heterocycles. The van der Waals surface area contributed by atoms with E-state index in [1.807, 2.05) is 37.3 Å². The van der Waals surface area contributed by atoms with E-state index >= 15 is 0 Å². The molecule has 31 heavy (non-hydrogen) atoms. The van der Waals surface area contributed by atoms with E-state index in [0.29, 0.717) is 42.4 Å². The fourth-order valence-electron chi connectivity index (χ4n) is 4.24. The maximum Gasteiger partial charge on any atom is 0.141 e. The number of aliphatic hydroxyl groups is 4. The van der Waals surface area contributed by atoms with Crippen molar-refractivity contribution >= 4 is 11.6 Å². The molecule has 0 radical (unpaired) electrons. The van der Waals surface area contributed by atoms with Crippen molar-refractivity contribution in [3.05, 3.63) is 57.6 Å². The molecule has 0 saturated carbocycles. The lowest BCUT2D eigenvalue weighted by Crippen LogP contribution is -2.55. The van der Waals surface area contributed by atoms with Crippen LogP contribution < -0.4 is 9.47 Å². The second-order valence-electron chi connectivity index (χ2n) is 7.85. The Labute approximate surface area is 185 Å². The van der Waals surface area contributed by atoms with Gasteiger partial charge in [-0.3, -0.25) is 0 Å². The topological polar surface area (TPSA) is 109 Å². The number of ether oxygens (including phenoxy) is 3. The van der Waals surface area contributed by atoms with Gasteiger partial charge in [0, 0.05) is 12.0 Å². The molecule has 7 nitrogen and oxygen atoms in total. The number of rotatable bonds is 6. The van der Waals surface area contributed by atoms with Gasteiger partial charge < -0.3 is 34.6 Å². The summed E-state index contributed by atoms with van der Waals surface area (Å²) in [6.45, 7) is 2.49. The van der Waals surface area contributed by atoms with Crippen LogP contribution >= 0.6 is 11.6 Å². The van der Waals surface area contributed by atoms with Crippen LogP contribution in [-0.4, -0.2) is 64.7 Å². The first-order valence-electron chi connectivity index (χ1n) is 10.4. The van der Waals surface area contributed by atoms with E-state index in [1.54, 1.807) is 0 Å². The van der Waals surface area contributed by atoms with E-state index < -0.39 is 37.1 Å². The lowest BCUT2D eigenvalue weighted by atomic mass is 9.87. The van der Waals surface area contributed by atoms with Crippen LogP contribution in [0.25, 0.3) is 0 Å². The molecule has 1 saturated heterocycles. The van der Waals surface area contributed by atoms with E-state index in [9.17, 15) is 20.4 Å². The first-order valence-corrected chi connectivity index (χ1v) is 10.8. The van der Waals surface area contributed by atoms with Gasteiger partial charge in [-0.25, -0.2) is 0 Å². The molecule has 5 unspecified atom stereocenters. The maximum absolute atomic E-state index is 10.6. The molecule has 4 N–H and O–H groups in total. The Bertz CT molecular complexity index is 915. The van der Waals surface area contributed by atoms with Gasteiger partial charge in [0.25, 0.3) is 0 Å². The number of hydrogen-bond acceptors (Lipinski definition) is 7. The van der Waals surface area contributed by atoms with Gasteiger partial charge in [-0.2, -0.15) is 0 Å². The van der Waals surface area contributed by atoms with Gasteiger partial charge in [-0.1, -0.05) is 29.8 Å². The lowest BCUT2D eigenvalue weighted by Gasteiger charge is -2.40. The Morgan fingerprint density at radius 1 is 1.10 bits per heavy atom. The number of benzene rings is 2. The second-order valence-corrected chi connectivity index (χ2v) is 8.23. The minimum absolute atomic E-state index is 0.450. The van der Waals surface area contributed by atoms with E-state index in [4.69, 9.17) is 25.8 Å². The van der Waals surface area contributed by atoms with E-state index in [-0.39, 0.29) is 0 Å². The van der Waals surface area contributed by atoms with Crippen molar-refractivity contribution < 1.29 is 34.6 Å². The number of hydrogen-bond donors (Lipinski definition) is 4. The Hall–Kier alpha value is -1.87. The van der Waals surface area contributed by atoms with E-state index in [0.717, 1.165) is 22.4 Å². The molecule has 2 aliphatic rings. The smallest absolute Gasteiger partial charge is 0.141 e. The third-order valence-electron chi connectivity index (χ3n) is 5.86. The van der Waals surface area contributed by atoms with Crippen molar-refractivity contribution in [2.45, 2.75) is 50.3 Å². The van der Waals surface area contributed by atoms with Crippen LogP contribution in [0.4, 0.5) is 0 Å². The molecule has 4 rings (SSSR count). The highest BCUT2D eigenvalue weighted by Crippen LogP contribution is 2.44. The Kier molecular flexibility index (Phi) is 6.71. The van der Waals surface area contributed by atoms with Gasteiger partial charge >= 0.3 is 0 Å². The molecular weight excluding hydrogens is 424 g/mol. The Morgan fingerprint density at radius 3 is 2.52 bits per heavy atom. The number of halogens is 1. The fourth-order valence-corrected chi connectivity index (χ4v) is 4.53. The van der Waals surface area contributed by atoms with Gasteiger partial charge in [-0.05, 0) is 42.2 Å². The molecule has 168 valence electrons. The highest BCUT2D eigenvalue weighted by Gasteiger charge is 2.45. The highest BCUT2D eigenvalue weighted by atomic mass is 35.5. The molecule has 0 bridgehead atoms. The lowest BCUT2D eigenvalue weighted by molar-refractivity contribution is -0.231. The minimum atomic E-state index is -1.45. The van der Waals surface area contributed by atoms with Crippen LogP contribution in [0.15, 0.2) is 30.3 Å². The summed E-state index contributed by atoms with van der Waals surface area (Å²) < 4.78 is 17.1. The van der Waals surface area contributed by atoms with E-state index in [2.05, 4.69) is 0 Å². The van der Waals surface area contributed by atoms with Crippen LogP contribution in [0.3, 0.4) is 0 Å². The summed E-state index contributed by atoms with van der Waals surface area (Å²) in [6.07, 6.45) is -5.01. The van der Waals surface area contributed by atoms with Gasteiger partial charge in [0.15, 0.2) is 0 Å². The summed E-state index contributed by atoms with van der Waals surface area (Å²) in [7, 11) is 0. The van der Waals surface area contributed by atoms with Crippen molar-refractivity contribution in [3.63, 3.8) is 0 Å². The number of aliphatic hydroxyl groups excluding tert-OH is 4. The molecule has 0 amide bonds. The molecule has 2 aromatic carbocycles. The quantitative estimate of drug-likeness (QED) is 0.531. The standard InChI is InChI=1S/C23H27ClO7/c1-2-29-14-5-3-12(4-6-14)9-13-10-16(15-7-8-30-22(15)18(13)24)23-21(28)20(27)19(26)17(11-25)31-23/h3-6,10,17,19-21,23,25-28H,2,7-9,11H2,1H3. The van der Waals surface area contributed by atoms with Crippen molar-refractivity contribution in [2.24, 2.45) is 0 Å². The average Bonchev–Trinajstić information content (AvgIpc) is 3.27. The van der Waals surface area contributed by atoms with Crippen LogP contribution in [-0.2, 0) is 17.6 Å². The molecule has 5 atom stereocenters. The first-order chi connectivity index (χ1) is 14.9. The van der Waals surface area contributed by atoms with Gasteiger partial charge in [0.05, 0.1) is 24.8 Å². The third-order valence-corrected chi connectivity index (χ3v) is 6.27. The molecule has 2 heterocycles. The zero-order valence-corrected chi connectivity index (χ0v) is 18.0. The monoisotopic (exact) mass is 450 g/mol. The largest absolute Gasteiger partial charge is 0.494 e. The molecule has 1 fully saturated rings. The summed E-state index contributed by atoms with van der Waals surface area (Å²) in [4.78, 5) is 0. The third kappa shape index (κ3) is 4.26. The Morgan fingerprint density at radius 2 is 1.84 bits per heavy atom. The SMILES string of the molecule is CCOc1ccc(Cc2cc(C3OC(CO)C(O)C(O)C3O)c3c(c2Cl)OCC3)cc1. The minimum Gasteiger partial charge on any atom is -0.494 e. The summed E-state index contributed by atoms with van der Waals surface area (Å²) >= 11 is 6.66. The summed E-state index contributed by atoms with van der Waals surface area (Å²) in [5, 5.41) is 41.1. The fraction of sp³-hybridized carbons (Fsp3) is 0.478. The van der Waals surface area contributed by atoms with Crippen molar-refractivity contribution in [1.29, 1.82) is 0 Å². The summed E-state index contributed by atoms with van der Waals surface area (Å²) in [5.41, 5.74) is 3.26. The van der Waals surface area contributed by atoms with Gasteiger partial charge in [-0.15, -0.1) is 0 Å². The summed E-state index contributed by atoms with van der Waals surface area (Å²) in [5.74, 6) is 1.34. The predicted molar refractivity (Wildman–Crippen MR) is 114 cm³/mol. The highest BCUT2D eigenvalue weighted by molar-refractivity contribution is 6.33. The van der Waals surface area contributed by atoms with Crippen LogP contribution in [0, 0.1) is 0 Å². The average molecular weight is 451 g/mol. The Balaban J connectivity index is 1.70. The zero-order chi connectivity index (χ0) is 22.1. The molecule has 8 heteroatoms. The van der Waals surface area contributed by atoms with Gasteiger partial charge in [0.1, 0.15) is 42.0 Å². The van der Waals surface area contributed by atoms with Gasteiger partial charge in [0.2, 0.25) is 0 Å². The molecule has 0 spiro atoms. The van der Waals surface area contributed by atoms with Crippen LogP contribution in [0.2, 0.25) is 5.02 Å². The second kappa shape index (κ2) is 9.32. The molecule has 0 aromatic heterocycles. The molecular formula is C23H27ClO7. The van der Waals surface area contributed by atoms with Crippen molar-refractivity contribution in [3.8, 4) is 11.5 Å². The first kappa shape index (κ1) is 22.3. The normalized spacial score (nSPS) is 27.6. The van der Waals surface area contributed by atoms with Crippen LogP contribution in [0.5, 0.6) is 11.5 Å². The zero-order valence-electron chi connectivity index (χ0n) is 17.2. The maximum atomic E-state index is 10.6. The summed E-state index contributed by atoms with van der Waals surface area (Å²) in [6, 6.07) is 9.58. The van der Waals surface area contributed by atoms with Crippen LogP contribution in [0.1, 0.15) is 35.3 Å². The van der Waals surface area contributed by atoms with Crippen molar-refractivity contribution in [1.82, 2.24) is 0 Å². The van der Waals surface area contributed by atoms with E-state index in [1.165, 1.54) is 0 Å². The number of fused-ring (bicyclic) bond motifs is 1. The molecule has 2 aromatic rings.